The SMILES string of the molecule is Cc1nn(C)c2nc(-c3cccs3)cc(C(=O)NCc3ccc(-c4cnco4)cc3)c12. The van der Waals surface area contributed by atoms with Gasteiger partial charge in [-0.05, 0) is 30.0 Å². The second-order valence-electron chi connectivity index (χ2n) is 7.19. The fourth-order valence-electron chi connectivity index (χ4n) is 3.60. The van der Waals surface area contributed by atoms with Gasteiger partial charge in [0.25, 0.3) is 5.91 Å². The van der Waals surface area contributed by atoms with E-state index >= 15 is 0 Å². The second kappa shape index (κ2) is 7.81. The minimum absolute atomic E-state index is 0.152. The van der Waals surface area contributed by atoms with Gasteiger partial charge in [-0.25, -0.2) is 9.97 Å². The number of oxazole rings is 1. The third kappa shape index (κ3) is 3.62. The Morgan fingerprint density at radius 3 is 2.77 bits per heavy atom. The summed E-state index contributed by atoms with van der Waals surface area (Å²) in [5.41, 5.74) is 4.76. The van der Waals surface area contributed by atoms with E-state index in [1.165, 1.54) is 6.39 Å². The highest BCUT2D eigenvalue weighted by molar-refractivity contribution is 7.13. The van der Waals surface area contributed by atoms with Crippen LogP contribution in [0.2, 0.25) is 0 Å². The summed E-state index contributed by atoms with van der Waals surface area (Å²) in [4.78, 5) is 22.9. The molecule has 1 N–H and O–H groups in total. The first kappa shape index (κ1) is 19.2. The van der Waals surface area contributed by atoms with Gasteiger partial charge in [-0.3, -0.25) is 9.48 Å². The second-order valence-corrected chi connectivity index (χ2v) is 8.13. The topological polar surface area (TPSA) is 85.8 Å². The maximum absolute atomic E-state index is 13.2. The summed E-state index contributed by atoms with van der Waals surface area (Å²) < 4.78 is 7.04. The lowest BCUT2D eigenvalue weighted by Gasteiger charge is -2.09. The van der Waals surface area contributed by atoms with Crippen molar-refractivity contribution in [2.75, 3.05) is 0 Å². The molecule has 0 atom stereocenters. The highest BCUT2D eigenvalue weighted by atomic mass is 32.1. The maximum atomic E-state index is 13.2. The minimum Gasteiger partial charge on any atom is -0.444 e. The van der Waals surface area contributed by atoms with Crippen LogP contribution in [0.25, 0.3) is 32.9 Å². The van der Waals surface area contributed by atoms with Crippen LogP contribution < -0.4 is 5.32 Å². The van der Waals surface area contributed by atoms with E-state index in [4.69, 9.17) is 9.40 Å². The van der Waals surface area contributed by atoms with Gasteiger partial charge in [0.2, 0.25) is 0 Å². The highest BCUT2D eigenvalue weighted by Gasteiger charge is 2.19. The lowest BCUT2D eigenvalue weighted by atomic mass is 10.1. The summed E-state index contributed by atoms with van der Waals surface area (Å²) in [6, 6.07) is 13.7. The molecule has 0 fully saturated rings. The van der Waals surface area contributed by atoms with Gasteiger partial charge in [0.15, 0.2) is 17.8 Å². The van der Waals surface area contributed by atoms with Gasteiger partial charge in [0, 0.05) is 19.2 Å². The number of thiophene rings is 1. The van der Waals surface area contributed by atoms with Gasteiger partial charge >= 0.3 is 0 Å². The molecule has 0 aliphatic rings. The molecule has 4 aromatic heterocycles. The van der Waals surface area contributed by atoms with E-state index in [0.29, 0.717) is 23.5 Å². The zero-order chi connectivity index (χ0) is 21.4. The van der Waals surface area contributed by atoms with E-state index in [2.05, 4.69) is 15.4 Å². The predicted octanol–water partition coefficient (Wildman–Crippen LogP) is 4.59. The Bertz CT molecular complexity index is 1350. The van der Waals surface area contributed by atoms with Crippen LogP contribution in [0.5, 0.6) is 0 Å². The monoisotopic (exact) mass is 429 g/mol. The number of fused-ring (bicyclic) bond motifs is 1. The fourth-order valence-corrected chi connectivity index (χ4v) is 4.28. The van der Waals surface area contributed by atoms with E-state index in [9.17, 15) is 4.79 Å². The third-order valence-electron chi connectivity index (χ3n) is 5.11. The summed E-state index contributed by atoms with van der Waals surface area (Å²) in [7, 11) is 1.85. The maximum Gasteiger partial charge on any atom is 0.252 e. The average Bonchev–Trinajstić information content (AvgIpc) is 3.55. The van der Waals surface area contributed by atoms with Crippen molar-refractivity contribution < 1.29 is 9.21 Å². The lowest BCUT2D eigenvalue weighted by Crippen LogP contribution is -2.23. The number of carbonyl (C=O) groups is 1. The van der Waals surface area contributed by atoms with Gasteiger partial charge in [-0.1, -0.05) is 30.3 Å². The standard InChI is InChI=1S/C23H19N5O2S/c1-14-21-17(10-18(20-4-3-9-31-20)26-22(21)28(2)27-14)23(29)25-11-15-5-7-16(8-6-15)19-12-24-13-30-19/h3-10,12-13H,11H2,1-2H3,(H,25,29). The van der Waals surface area contributed by atoms with Crippen LogP contribution in [0, 0.1) is 6.92 Å². The summed E-state index contributed by atoms with van der Waals surface area (Å²) in [5, 5.41) is 10.3. The first-order valence-electron chi connectivity index (χ1n) is 9.74. The van der Waals surface area contributed by atoms with Crippen molar-refractivity contribution in [3.8, 4) is 21.9 Å². The van der Waals surface area contributed by atoms with E-state index in [-0.39, 0.29) is 5.91 Å². The number of benzene rings is 1. The molecule has 0 radical (unpaired) electrons. The van der Waals surface area contributed by atoms with Crippen molar-refractivity contribution in [3.05, 3.63) is 77.3 Å². The Balaban J connectivity index is 1.43. The average molecular weight is 430 g/mol. The van der Waals surface area contributed by atoms with Gasteiger partial charge in [0.05, 0.1) is 33.4 Å². The Morgan fingerprint density at radius 2 is 2.06 bits per heavy atom. The van der Waals surface area contributed by atoms with Crippen molar-refractivity contribution in [2.45, 2.75) is 13.5 Å². The van der Waals surface area contributed by atoms with Crippen molar-refractivity contribution in [2.24, 2.45) is 7.05 Å². The predicted molar refractivity (Wildman–Crippen MR) is 120 cm³/mol. The van der Waals surface area contributed by atoms with Crippen LogP contribution in [0.15, 0.2) is 64.9 Å². The lowest BCUT2D eigenvalue weighted by molar-refractivity contribution is 0.0952. The van der Waals surface area contributed by atoms with Crippen LogP contribution in [-0.4, -0.2) is 25.7 Å². The summed E-state index contributed by atoms with van der Waals surface area (Å²) in [5.74, 6) is 0.559. The van der Waals surface area contributed by atoms with Crippen molar-refractivity contribution in [3.63, 3.8) is 0 Å². The summed E-state index contributed by atoms with van der Waals surface area (Å²) >= 11 is 1.59. The van der Waals surface area contributed by atoms with Gasteiger partial charge in [-0.15, -0.1) is 11.3 Å². The molecule has 8 heteroatoms. The fraction of sp³-hybridized carbons (Fsp3) is 0.130. The molecular formula is C23H19N5O2S. The molecule has 5 rings (SSSR count). The highest BCUT2D eigenvalue weighted by Crippen LogP contribution is 2.29. The van der Waals surface area contributed by atoms with E-state index < -0.39 is 0 Å². The number of aryl methyl sites for hydroxylation is 2. The van der Waals surface area contributed by atoms with Crippen LogP contribution in [0.3, 0.4) is 0 Å². The Kier molecular flexibility index (Phi) is 4.83. The minimum atomic E-state index is -0.152. The molecule has 0 unspecified atom stereocenters. The largest absolute Gasteiger partial charge is 0.444 e. The number of nitrogens with zero attached hydrogens (tertiary/aromatic N) is 4. The molecule has 7 nitrogen and oxygen atoms in total. The van der Waals surface area contributed by atoms with Crippen LogP contribution in [0.1, 0.15) is 21.6 Å². The quantitative estimate of drug-likeness (QED) is 0.442. The molecule has 4 heterocycles. The van der Waals surface area contributed by atoms with Crippen molar-refractivity contribution in [1.82, 2.24) is 25.1 Å². The summed E-state index contributed by atoms with van der Waals surface area (Å²) in [6.07, 6.45) is 3.08. The molecule has 0 aliphatic carbocycles. The molecular weight excluding hydrogens is 410 g/mol. The first-order chi connectivity index (χ1) is 15.1. The number of hydrogen-bond donors (Lipinski definition) is 1. The first-order valence-corrected chi connectivity index (χ1v) is 10.6. The number of amides is 1. The zero-order valence-corrected chi connectivity index (χ0v) is 17.8. The molecule has 154 valence electrons. The Hall–Kier alpha value is -3.78. The molecule has 0 saturated heterocycles. The summed E-state index contributed by atoms with van der Waals surface area (Å²) in [6.45, 7) is 2.31. The Labute approximate surface area is 182 Å². The molecule has 5 aromatic rings. The smallest absolute Gasteiger partial charge is 0.252 e. The number of carbonyl (C=O) groups excluding carboxylic acids is 1. The van der Waals surface area contributed by atoms with Crippen molar-refractivity contribution >= 4 is 28.3 Å². The van der Waals surface area contributed by atoms with Gasteiger partial charge in [-0.2, -0.15) is 5.10 Å². The van der Waals surface area contributed by atoms with Gasteiger partial charge < -0.3 is 9.73 Å². The third-order valence-corrected chi connectivity index (χ3v) is 6.00. The molecule has 0 saturated carbocycles. The number of pyridine rings is 1. The Morgan fingerprint density at radius 1 is 1.23 bits per heavy atom. The van der Waals surface area contributed by atoms with E-state index in [1.54, 1.807) is 22.2 Å². The van der Waals surface area contributed by atoms with Crippen LogP contribution in [-0.2, 0) is 13.6 Å². The molecule has 0 spiro atoms. The molecule has 0 bridgehead atoms. The molecule has 0 aliphatic heterocycles. The van der Waals surface area contributed by atoms with E-state index in [0.717, 1.165) is 32.8 Å². The number of hydrogen-bond acceptors (Lipinski definition) is 6. The van der Waals surface area contributed by atoms with Crippen LogP contribution in [0.4, 0.5) is 0 Å². The van der Waals surface area contributed by atoms with Gasteiger partial charge in [0.1, 0.15) is 0 Å². The number of aromatic nitrogens is 4. The van der Waals surface area contributed by atoms with Crippen molar-refractivity contribution in [1.29, 1.82) is 0 Å². The molecule has 1 amide bonds. The molecule has 31 heavy (non-hydrogen) atoms. The van der Waals surface area contributed by atoms with E-state index in [1.807, 2.05) is 61.8 Å². The van der Waals surface area contributed by atoms with Crippen LogP contribution >= 0.6 is 11.3 Å². The number of nitrogens with one attached hydrogen (secondary N) is 1. The normalized spacial score (nSPS) is 11.2. The number of rotatable bonds is 5. The molecule has 1 aromatic carbocycles. The zero-order valence-electron chi connectivity index (χ0n) is 17.0.